The Hall–Kier alpha value is -2.38. The number of ether oxygens (including phenoxy) is 4. The Morgan fingerprint density at radius 3 is 1.36 bits per heavy atom. The first kappa shape index (κ1) is 19.6. The molecule has 0 atom stereocenters. The number of carbonyl (C=O) groups is 4. The van der Waals surface area contributed by atoms with Gasteiger partial charge in [0.2, 0.25) is 0 Å². The smallest absolute Gasteiger partial charge is 0.344 e. The highest BCUT2D eigenvalue weighted by Crippen LogP contribution is 1.90. The van der Waals surface area contributed by atoms with E-state index in [1.807, 2.05) is 13.8 Å². The normalized spacial score (nSPS) is 10.1. The predicted molar refractivity (Wildman–Crippen MR) is 73.6 cm³/mol. The van der Waals surface area contributed by atoms with Gasteiger partial charge in [0.25, 0.3) is 0 Å². The molecule has 22 heavy (non-hydrogen) atoms. The summed E-state index contributed by atoms with van der Waals surface area (Å²) in [6.45, 7) is 3.06. The van der Waals surface area contributed by atoms with E-state index in [2.05, 4.69) is 18.9 Å². The van der Waals surface area contributed by atoms with Gasteiger partial charge in [-0.1, -0.05) is 13.8 Å². The zero-order valence-electron chi connectivity index (χ0n) is 12.7. The molecule has 0 radical (unpaired) electrons. The maximum Gasteiger partial charge on any atom is 0.344 e. The molecule has 8 heteroatoms. The second kappa shape index (κ2) is 12.4. The van der Waals surface area contributed by atoms with Crippen molar-refractivity contribution in [2.45, 2.75) is 26.7 Å². The summed E-state index contributed by atoms with van der Waals surface area (Å²) < 4.78 is 18.4. The predicted octanol–water partition coefficient (Wildman–Crippen LogP) is 0.535. The van der Waals surface area contributed by atoms with Crippen LogP contribution in [0.5, 0.6) is 0 Å². The molecule has 0 aromatic rings. The lowest BCUT2D eigenvalue weighted by atomic mass is 10.5. The van der Waals surface area contributed by atoms with Crippen LogP contribution in [0, 0.1) is 0 Å². The van der Waals surface area contributed by atoms with Crippen molar-refractivity contribution in [3.8, 4) is 0 Å². The maximum atomic E-state index is 11.2. The van der Waals surface area contributed by atoms with E-state index in [9.17, 15) is 19.2 Å². The van der Waals surface area contributed by atoms with Crippen LogP contribution in [0.1, 0.15) is 26.7 Å². The van der Waals surface area contributed by atoms with Crippen LogP contribution in [0.3, 0.4) is 0 Å². The van der Waals surface area contributed by atoms with Crippen LogP contribution in [0.15, 0.2) is 12.2 Å². The number of hydrogen-bond donors (Lipinski definition) is 0. The average Bonchev–Trinajstić information content (AvgIpc) is 2.52. The van der Waals surface area contributed by atoms with Gasteiger partial charge in [-0.2, -0.15) is 0 Å². The molecule has 0 rings (SSSR count). The van der Waals surface area contributed by atoms with Crippen molar-refractivity contribution in [1.82, 2.24) is 0 Å². The van der Waals surface area contributed by atoms with Gasteiger partial charge in [0.15, 0.2) is 13.2 Å². The lowest BCUT2D eigenvalue weighted by Gasteiger charge is -2.03. The first-order chi connectivity index (χ1) is 10.5. The minimum Gasteiger partial charge on any atom is -0.463 e. The zero-order chi connectivity index (χ0) is 16.8. The number of esters is 4. The Morgan fingerprint density at radius 2 is 1.05 bits per heavy atom. The molecule has 0 bridgehead atoms. The molecule has 0 N–H and O–H groups in total. The fourth-order valence-electron chi connectivity index (χ4n) is 1.01. The Kier molecular flexibility index (Phi) is 11.0. The van der Waals surface area contributed by atoms with Gasteiger partial charge in [-0.05, 0) is 12.8 Å². The van der Waals surface area contributed by atoms with E-state index in [1.165, 1.54) is 0 Å². The summed E-state index contributed by atoms with van der Waals surface area (Å²) in [5.74, 6) is -3.16. The molecule has 0 saturated heterocycles. The van der Waals surface area contributed by atoms with Crippen LogP contribution in [-0.2, 0) is 38.1 Å². The summed E-state index contributed by atoms with van der Waals surface area (Å²) >= 11 is 0. The number of hydrogen-bond acceptors (Lipinski definition) is 8. The molecule has 0 aromatic heterocycles. The van der Waals surface area contributed by atoms with Crippen LogP contribution in [0.2, 0.25) is 0 Å². The summed E-state index contributed by atoms with van der Waals surface area (Å²) in [6, 6.07) is 0. The fraction of sp³-hybridized carbons (Fsp3) is 0.571. The van der Waals surface area contributed by atoms with Crippen molar-refractivity contribution < 1.29 is 38.1 Å². The van der Waals surface area contributed by atoms with E-state index in [0.29, 0.717) is 12.8 Å². The van der Waals surface area contributed by atoms with Gasteiger partial charge in [-0.25, -0.2) is 19.2 Å². The first-order valence-corrected chi connectivity index (χ1v) is 6.82. The number of carbonyl (C=O) groups excluding carboxylic acids is 4. The Bertz CT molecular complexity index is 375. The third-order valence-corrected chi connectivity index (χ3v) is 1.95. The van der Waals surface area contributed by atoms with E-state index in [4.69, 9.17) is 0 Å². The zero-order valence-corrected chi connectivity index (χ0v) is 12.7. The van der Waals surface area contributed by atoms with Crippen molar-refractivity contribution in [2.75, 3.05) is 26.4 Å². The van der Waals surface area contributed by atoms with Crippen LogP contribution in [0.25, 0.3) is 0 Å². The maximum absolute atomic E-state index is 11.2. The van der Waals surface area contributed by atoms with Gasteiger partial charge in [0, 0.05) is 12.2 Å². The van der Waals surface area contributed by atoms with Gasteiger partial charge >= 0.3 is 23.9 Å². The Balaban J connectivity index is 3.89. The molecule has 0 aromatic carbocycles. The molecule has 124 valence electrons. The molecule has 8 nitrogen and oxygen atoms in total. The van der Waals surface area contributed by atoms with Crippen LogP contribution in [-0.4, -0.2) is 50.3 Å². The molecule has 0 aliphatic carbocycles. The molecule has 0 saturated carbocycles. The summed E-state index contributed by atoms with van der Waals surface area (Å²) in [4.78, 5) is 44.5. The Morgan fingerprint density at radius 1 is 0.682 bits per heavy atom. The first-order valence-electron chi connectivity index (χ1n) is 6.82. The molecular formula is C14H20O8. The van der Waals surface area contributed by atoms with E-state index < -0.39 is 37.1 Å². The van der Waals surface area contributed by atoms with Crippen molar-refractivity contribution in [3.63, 3.8) is 0 Å². The molecule has 0 unspecified atom stereocenters. The minimum absolute atomic E-state index is 0.243. The molecule has 0 fully saturated rings. The van der Waals surface area contributed by atoms with E-state index in [0.717, 1.165) is 12.2 Å². The molecule has 0 spiro atoms. The van der Waals surface area contributed by atoms with Crippen LogP contribution in [0.4, 0.5) is 0 Å². The van der Waals surface area contributed by atoms with Crippen molar-refractivity contribution in [2.24, 2.45) is 0 Å². The standard InChI is InChI=1S/C14H20O8/c1-3-7-19-13(17)9-21-11(15)5-6-12(16)22-10-14(18)20-8-4-2/h5-6H,3-4,7-10H2,1-2H3/b6-5-. The van der Waals surface area contributed by atoms with Gasteiger partial charge in [0.05, 0.1) is 13.2 Å². The SMILES string of the molecule is CCCOC(=O)COC(=O)/C=C\C(=O)OCC(=O)OCCC. The second-order valence-electron chi connectivity index (χ2n) is 3.99. The number of rotatable bonds is 10. The van der Waals surface area contributed by atoms with Gasteiger partial charge in [0.1, 0.15) is 0 Å². The fourth-order valence-corrected chi connectivity index (χ4v) is 1.01. The Labute approximate surface area is 128 Å². The largest absolute Gasteiger partial charge is 0.463 e. The van der Waals surface area contributed by atoms with E-state index >= 15 is 0 Å². The second-order valence-corrected chi connectivity index (χ2v) is 3.99. The highest BCUT2D eigenvalue weighted by atomic mass is 16.6. The molecule has 0 heterocycles. The molecule has 0 amide bonds. The summed E-state index contributed by atoms with van der Waals surface area (Å²) in [6.07, 6.45) is 2.89. The van der Waals surface area contributed by atoms with Gasteiger partial charge < -0.3 is 18.9 Å². The average molecular weight is 316 g/mol. The van der Waals surface area contributed by atoms with Gasteiger partial charge in [-0.3, -0.25) is 0 Å². The van der Waals surface area contributed by atoms with Crippen molar-refractivity contribution >= 4 is 23.9 Å². The van der Waals surface area contributed by atoms with Crippen LogP contribution < -0.4 is 0 Å². The monoisotopic (exact) mass is 316 g/mol. The van der Waals surface area contributed by atoms with Crippen molar-refractivity contribution in [1.29, 1.82) is 0 Å². The minimum atomic E-state index is -0.904. The summed E-state index contributed by atoms with van der Waals surface area (Å²) in [5.41, 5.74) is 0. The van der Waals surface area contributed by atoms with E-state index in [1.54, 1.807) is 0 Å². The van der Waals surface area contributed by atoms with Gasteiger partial charge in [-0.15, -0.1) is 0 Å². The highest BCUT2D eigenvalue weighted by Gasteiger charge is 2.08. The van der Waals surface area contributed by atoms with Crippen molar-refractivity contribution in [3.05, 3.63) is 12.2 Å². The van der Waals surface area contributed by atoms with Crippen LogP contribution >= 0.6 is 0 Å². The quantitative estimate of drug-likeness (QED) is 0.326. The molecular weight excluding hydrogens is 296 g/mol. The summed E-state index contributed by atoms with van der Waals surface area (Å²) in [5, 5.41) is 0. The van der Waals surface area contributed by atoms with E-state index in [-0.39, 0.29) is 13.2 Å². The summed E-state index contributed by atoms with van der Waals surface area (Å²) in [7, 11) is 0. The topological polar surface area (TPSA) is 105 Å². The third kappa shape index (κ3) is 11.4. The highest BCUT2D eigenvalue weighted by molar-refractivity contribution is 5.93. The lowest BCUT2D eigenvalue weighted by molar-refractivity contribution is -0.156. The molecule has 0 aliphatic heterocycles. The third-order valence-electron chi connectivity index (χ3n) is 1.95. The molecule has 0 aliphatic rings. The lowest BCUT2D eigenvalue weighted by Crippen LogP contribution is -2.17.